The Labute approximate surface area is 183 Å². The normalized spacial score (nSPS) is 12.6. The number of rotatable bonds is 4. The third kappa shape index (κ3) is 3.83. The molecule has 3 N–H and O–H groups in total. The molecule has 3 aromatic rings. The van der Waals surface area contributed by atoms with E-state index in [4.69, 9.17) is 17.0 Å². The highest BCUT2D eigenvalue weighted by atomic mass is 19.1. The molecule has 1 aliphatic rings. The first-order valence-electron chi connectivity index (χ1n) is 9.68. The van der Waals surface area contributed by atoms with Crippen molar-refractivity contribution < 1.29 is 18.7 Å². The molecule has 1 aliphatic heterocycles. The van der Waals surface area contributed by atoms with E-state index < -0.39 is 11.7 Å². The van der Waals surface area contributed by atoms with E-state index in [1.165, 1.54) is 25.3 Å². The highest BCUT2D eigenvalue weighted by molar-refractivity contribution is 6.00. The molecule has 2 heterocycles. The van der Waals surface area contributed by atoms with Crippen LogP contribution < -0.4 is 15.8 Å². The Kier molecular flexibility index (Phi) is 5.47. The number of ether oxygens (including phenoxy) is 1. The second-order valence-electron chi connectivity index (χ2n) is 7.12. The number of halogens is 1. The van der Waals surface area contributed by atoms with Crippen LogP contribution in [0.2, 0.25) is 0 Å². The summed E-state index contributed by atoms with van der Waals surface area (Å²) >= 11 is 0. The van der Waals surface area contributed by atoms with Gasteiger partial charge >= 0.3 is 6.03 Å². The highest BCUT2D eigenvalue weighted by Gasteiger charge is 2.30. The van der Waals surface area contributed by atoms with E-state index in [9.17, 15) is 14.0 Å². The zero-order chi connectivity index (χ0) is 22.8. The average Bonchev–Trinajstić information content (AvgIpc) is 3.19. The monoisotopic (exact) mass is 434 g/mol. The molecule has 0 aliphatic carbocycles. The first kappa shape index (κ1) is 20.9. The van der Waals surface area contributed by atoms with Gasteiger partial charge in [0.1, 0.15) is 5.69 Å². The number of carbonyl (C=O) groups is 2. The standard InChI is InChI=1S/C22H19FN6O3/c1-25-14-4-6-15(7-5-14)26-22(31)28-9-10-29-17(12-28)19(21(24)30)20(27-29)13-3-8-16(23)18(11-13)32-2/h3-8,11H,9-10,12H2,2H3,(H2,24,30)(H,26,31). The first-order chi connectivity index (χ1) is 15.4. The molecule has 4 rings (SSSR count). The minimum atomic E-state index is -0.693. The van der Waals surface area contributed by atoms with Crippen molar-refractivity contribution in [1.82, 2.24) is 14.7 Å². The lowest BCUT2D eigenvalue weighted by Crippen LogP contribution is -2.41. The quantitative estimate of drug-likeness (QED) is 0.614. The molecule has 0 atom stereocenters. The van der Waals surface area contributed by atoms with E-state index in [1.54, 1.807) is 33.8 Å². The fourth-order valence-corrected chi connectivity index (χ4v) is 3.58. The number of anilines is 1. The van der Waals surface area contributed by atoms with Gasteiger partial charge in [-0.25, -0.2) is 14.0 Å². The topological polar surface area (TPSA) is 107 Å². The van der Waals surface area contributed by atoms with Gasteiger partial charge in [0.25, 0.3) is 5.91 Å². The van der Waals surface area contributed by atoms with Crippen molar-refractivity contribution in [2.24, 2.45) is 5.73 Å². The number of nitrogens with two attached hydrogens (primary N) is 1. The molecule has 32 heavy (non-hydrogen) atoms. The number of urea groups is 1. The number of nitrogens with one attached hydrogen (secondary N) is 1. The zero-order valence-electron chi connectivity index (χ0n) is 17.1. The lowest BCUT2D eigenvalue weighted by atomic mass is 10.0. The lowest BCUT2D eigenvalue weighted by Gasteiger charge is -2.28. The number of hydrogen-bond acceptors (Lipinski definition) is 4. The summed E-state index contributed by atoms with van der Waals surface area (Å²) in [6.45, 7) is 7.84. The lowest BCUT2D eigenvalue weighted by molar-refractivity contribution is 0.0997. The minimum absolute atomic E-state index is 0.0223. The molecule has 0 unspecified atom stereocenters. The largest absolute Gasteiger partial charge is 0.494 e. The molecule has 0 radical (unpaired) electrons. The first-order valence-corrected chi connectivity index (χ1v) is 9.68. The Hall–Kier alpha value is -4.39. The molecule has 9 nitrogen and oxygen atoms in total. The van der Waals surface area contributed by atoms with Crippen molar-refractivity contribution in [3.05, 3.63) is 71.0 Å². The minimum Gasteiger partial charge on any atom is -0.494 e. The van der Waals surface area contributed by atoms with Crippen molar-refractivity contribution in [3.8, 4) is 17.0 Å². The van der Waals surface area contributed by atoms with Crippen LogP contribution >= 0.6 is 0 Å². The Morgan fingerprint density at radius 3 is 2.62 bits per heavy atom. The van der Waals surface area contributed by atoms with Crippen molar-refractivity contribution in [1.29, 1.82) is 0 Å². The third-order valence-electron chi connectivity index (χ3n) is 5.19. The summed E-state index contributed by atoms with van der Waals surface area (Å²) < 4.78 is 20.5. The summed E-state index contributed by atoms with van der Waals surface area (Å²) in [6, 6.07) is 10.3. The summed E-state index contributed by atoms with van der Waals surface area (Å²) in [5.41, 5.74) is 8.15. The number of carbonyl (C=O) groups excluding carboxylic acids is 2. The van der Waals surface area contributed by atoms with Crippen molar-refractivity contribution in [2.45, 2.75) is 13.1 Å². The van der Waals surface area contributed by atoms with Gasteiger partial charge in [0.15, 0.2) is 17.3 Å². The number of primary amides is 1. The van der Waals surface area contributed by atoms with Gasteiger partial charge in [0.2, 0.25) is 0 Å². The van der Waals surface area contributed by atoms with Gasteiger partial charge in [-0.05, 0) is 30.3 Å². The number of benzene rings is 2. The van der Waals surface area contributed by atoms with Gasteiger partial charge < -0.3 is 20.7 Å². The van der Waals surface area contributed by atoms with Gasteiger partial charge in [-0.15, -0.1) is 0 Å². The fourth-order valence-electron chi connectivity index (χ4n) is 3.58. The molecule has 162 valence electrons. The Morgan fingerprint density at radius 1 is 1.22 bits per heavy atom. The van der Waals surface area contributed by atoms with Crippen LogP contribution in [0.1, 0.15) is 16.1 Å². The van der Waals surface area contributed by atoms with Crippen molar-refractivity contribution in [2.75, 3.05) is 19.0 Å². The van der Waals surface area contributed by atoms with Gasteiger partial charge in [0.05, 0.1) is 38.0 Å². The Balaban J connectivity index is 1.62. The van der Waals surface area contributed by atoms with Gasteiger partial charge in [0, 0.05) is 17.8 Å². The van der Waals surface area contributed by atoms with E-state index in [0.29, 0.717) is 41.4 Å². The molecule has 2 aromatic carbocycles. The maximum absolute atomic E-state index is 13.8. The molecule has 0 spiro atoms. The summed E-state index contributed by atoms with van der Waals surface area (Å²) in [6.07, 6.45) is 0. The number of fused-ring (bicyclic) bond motifs is 1. The number of methoxy groups -OCH3 is 1. The van der Waals surface area contributed by atoms with Crippen LogP contribution in [0.5, 0.6) is 5.75 Å². The number of amides is 3. The predicted molar refractivity (Wildman–Crippen MR) is 115 cm³/mol. The molecule has 3 amide bonds. The van der Waals surface area contributed by atoms with E-state index in [0.717, 1.165) is 0 Å². The molecular formula is C22H19FN6O3. The maximum Gasteiger partial charge on any atom is 0.322 e. The van der Waals surface area contributed by atoms with Crippen LogP contribution in [0.25, 0.3) is 16.1 Å². The van der Waals surface area contributed by atoms with Gasteiger partial charge in [-0.3, -0.25) is 9.48 Å². The number of aromatic nitrogens is 2. The highest BCUT2D eigenvalue weighted by Crippen LogP contribution is 2.31. The predicted octanol–water partition coefficient (Wildman–Crippen LogP) is 3.40. The summed E-state index contributed by atoms with van der Waals surface area (Å²) in [7, 11) is 1.35. The Morgan fingerprint density at radius 2 is 1.97 bits per heavy atom. The molecule has 0 fully saturated rings. The van der Waals surface area contributed by atoms with Gasteiger partial charge in [-0.1, -0.05) is 12.1 Å². The summed E-state index contributed by atoms with van der Waals surface area (Å²) in [5.74, 6) is -1.20. The third-order valence-corrected chi connectivity index (χ3v) is 5.19. The van der Waals surface area contributed by atoms with Crippen LogP contribution in [-0.2, 0) is 13.1 Å². The fraction of sp³-hybridized carbons (Fsp3) is 0.182. The molecule has 1 aromatic heterocycles. The average molecular weight is 434 g/mol. The van der Waals surface area contributed by atoms with Crippen LogP contribution in [0.15, 0.2) is 42.5 Å². The summed E-state index contributed by atoms with van der Waals surface area (Å²) in [4.78, 5) is 29.9. The van der Waals surface area contributed by atoms with E-state index in [1.807, 2.05) is 0 Å². The molecule has 10 heteroatoms. The van der Waals surface area contributed by atoms with E-state index in [2.05, 4.69) is 15.3 Å². The molecular weight excluding hydrogens is 415 g/mol. The van der Waals surface area contributed by atoms with E-state index in [-0.39, 0.29) is 23.9 Å². The van der Waals surface area contributed by atoms with Crippen molar-refractivity contribution >= 4 is 23.3 Å². The van der Waals surface area contributed by atoms with E-state index >= 15 is 0 Å². The second kappa shape index (κ2) is 8.39. The smallest absolute Gasteiger partial charge is 0.322 e. The van der Waals surface area contributed by atoms with Crippen LogP contribution in [0.4, 0.5) is 20.6 Å². The van der Waals surface area contributed by atoms with Gasteiger partial charge in [-0.2, -0.15) is 5.10 Å². The van der Waals surface area contributed by atoms with Crippen LogP contribution in [0, 0.1) is 12.4 Å². The zero-order valence-corrected chi connectivity index (χ0v) is 17.1. The van der Waals surface area contributed by atoms with Crippen LogP contribution in [0.3, 0.4) is 0 Å². The van der Waals surface area contributed by atoms with Crippen molar-refractivity contribution in [3.63, 3.8) is 0 Å². The Bertz CT molecular complexity index is 1250. The summed E-state index contributed by atoms with van der Waals surface area (Å²) in [5, 5.41) is 7.28. The SMILES string of the molecule is [C-]#[N+]c1ccc(NC(=O)N2CCn3nc(-c4ccc(F)c(OC)c4)c(C(N)=O)c3C2)cc1. The second-order valence-corrected chi connectivity index (χ2v) is 7.12. The van der Waals surface area contributed by atoms with Crippen LogP contribution in [-0.4, -0.2) is 40.3 Å². The molecule has 0 bridgehead atoms. The maximum atomic E-state index is 13.8. The molecule has 0 saturated heterocycles. The molecule has 0 saturated carbocycles. The number of nitrogens with zero attached hydrogens (tertiary/aromatic N) is 4. The number of hydrogen-bond donors (Lipinski definition) is 2.